The lowest BCUT2D eigenvalue weighted by atomic mass is 9.91. The molecule has 3 aromatic rings. The van der Waals surface area contributed by atoms with E-state index in [9.17, 15) is 4.79 Å². The lowest BCUT2D eigenvalue weighted by Crippen LogP contribution is -2.14. The van der Waals surface area contributed by atoms with E-state index >= 15 is 0 Å². The van der Waals surface area contributed by atoms with Crippen molar-refractivity contribution in [3.05, 3.63) is 47.8 Å². The summed E-state index contributed by atoms with van der Waals surface area (Å²) in [5.74, 6) is 0.605. The quantitative estimate of drug-likeness (QED) is 0.705. The minimum atomic E-state index is -0.517. The molecule has 2 aromatic heterocycles. The standard InChI is InChI=1S/C21H21N3O3S/c1-3-15-17(14(20(22)25)6-9-23-15)21-24-18-16(26-2)5-4-13(19(18)28-21)12-7-10-27-11-8-12/h3-6,9,12H,1,7-8,10-11H2,2H3,(H2,22,25). The summed E-state index contributed by atoms with van der Waals surface area (Å²) in [6.07, 6.45) is 5.13. The van der Waals surface area contributed by atoms with Gasteiger partial charge in [-0.15, -0.1) is 11.3 Å². The molecule has 0 radical (unpaired) electrons. The van der Waals surface area contributed by atoms with Crippen LogP contribution in [0.4, 0.5) is 0 Å². The summed E-state index contributed by atoms with van der Waals surface area (Å²) in [6, 6.07) is 5.70. The van der Waals surface area contributed by atoms with E-state index < -0.39 is 5.91 Å². The van der Waals surface area contributed by atoms with Crippen molar-refractivity contribution in [2.75, 3.05) is 20.3 Å². The van der Waals surface area contributed by atoms with Crippen LogP contribution in [-0.2, 0) is 4.74 Å². The van der Waals surface area contributed by atoms with E-state index in [1.807, 2.05) is 6.07 Å². The molecule has 1 aromatic carbocycles. The minimum absolute atomic E-state index is 0.385. The Bertz CT molecular complexity index is 1050. The van der Waals surface area contributed by atoms with Crippen molar-refractivity contribution < 1.29 is 14.3 Å². The third kappa shape index (κ3) is 3.16. The van der Waals surface area contributed by atoms with Gasteiger partial charge in [-0.2, -0.15) is 0 Å². The SMILES string of the molecule is C=Cc1nccc(C(N)=O)c1-c1nc2c(OC)ccc(C3CCOCC3)c2s1. The van der Waals surface area contributed by atoms with Crippen LogP contribution in [0, 0.1) is 0 Å². The Morgan fingerprint density at radius 2 is 2.14 bits per heavy atom. The average Bonchev–Trinajstić information content (AvgIpc) is 3.18. The summed E-state index contributed by atoms with van der Waals surface area (Å²) < 4.78 is 12.1. The summed E-state index contributed by atoms with van der Waals surface area (Å²) in [7, 11) is 1.63. The zero-order chi connectivity index (χ0) is 19.7. The molecule has 0 spiro atoms. The number of carbonyl (C=O) groups is 1. The molecule has 28 heavy (non-hydrogen) atoms. The Morgan fingerprint density at radius 3 is 2.82 bits per heavy atom. The highest BCUT2D eigenvalue weighted by Gasteiger charge is 2.24. The maximum Gasteiger partial charge on any atom is 0.249 e. The fourth-order valence-electron chi connectivity index (χ4n) is 3.67. The molecule has 3 heterocycles. The number of thiazole rings is 1. The summed E-state index contributed by atoms with van der Waals surface area (Å²) >= 11 is 1.53. The first-order valence-electron chi connectivity index (χ1n) is 9.10. The number of nitrogens with zero attached hydrogens (tertiary/aromatic N) is 2. The van der Waals surface area contributed by atoms with Gasteiger partial charge < -0.3 is 15.2 Å². The molecule has 6 nitrogen and oxygen atoms in total. The van der Waals surface area contributed by atoms with Gasteiger partial charge in [0.1, 0.15) is 16.3 Å². The van der Waals surface area contributed by atoms with Crippen molar-refractivity contribution in [1.82, 2.24) is 9.97 Å². The monoisotopic (exact) mass is 395 g/mol. The molecule has 0 unspecified atom stereocenters. The maximum absolute atomic E-state index is 12.0. The van der Waals surface area contributed by atoms with Gasteiger partial charge in [0.15, 0.2) is 0 Å². The Morgan fingerprint density at radius 1 is 1.36 bits per heavy atom. The number of aromatic nitrogens is 2. The number of hydrogen-bond acceptors (Lipinski definition) is 6. The van der Waals surface area contributed by atoms with Crippen LogP contribution in [0.15, 0.2) is 31.0 Å². The second-order valence-corrected chi connectivity index (χ2v) is 7.63. The molecule has 1 amide bonds. The lowest BCUT2D eigenvalue weighted by molar-refractivity contribution is 0.0856. The number of amides is 1. The molecule has 0 bridgehead atoms. The van der Waals surface area contributed by atoms with Crippen molar-refractivity contribution in [1.29, 1.82) is 0 Å². The van der Waals surface area contributed by atoms with Crippen LogP contribution in [0.2, 0.25) is 0 Å². The van der Waals surface area contributed by atoms with E-state index in [0.717, 1.165) is 36.3 Å². The van der Waals surface area contributed by atoms with Crippen LogP contribution in [0.1, 0.15) is 40.4 Å². The lowest BCUT2D eigenvalue weighted by Gasteiger charge is -2.23. The van der Waals surface area contributed by atoms with E-state index in [1.54, 1.807) is 25.4 Å². The molecule has 1 aliphatic rings. The van der Waals surface area contributed by atoms with E-state index in [1.165, 1.54) is 16.9 Å². The van der Waals surface area contributed by atoms with Crippen LogP contribution in [0.5, 0.6) is 5.75 Å². The van der Waals surface area contributed by atoms with Crippen molar-refractivity contribution in [2.45, 2.75) is 18.8 Å². The average molecular weight is 395 g/mol. The zero-order valence-electron chi connectivity index (χ0n) is 15.6. The first-order valence-corrected chi connectivity index (χ1v) is 9.92. The summed E-state index contributed by atoms with van der Waals surface area (Å²) in [5, 5.41) is 0.685. The molecular weight excluding hydrogens is 374 g/mol. The van der Waals surface area contributed by atoms with Crippen LogP contribution in [0.25, 0.3) is 26.9 Å². The number of pyridine rings is 1. The molecule has 1 aliphatic heterocycles. The smallest absolute Gasteiger partial charge is 0.249 e. The zero-order valence-corrected chi connectivity index (χ0v) is 16.4. The fraction of sp³-hybridized carbons (Fsp3) is 0.286. The molecular formula is C21H21N3O3S. The van der Waals surface area contributed by atoms with Gasteiger partial charge in [0.25, 0.3) is 0 Å². The molecule has 144 valence electrons. The Labute approximate surface area is 167 Å². The van der Waals surface area contributed by atoms with Gasteiger partial charge in [0.05, 0.1) is 23.1 Å². The van der Waals surface area contributed by atoms with Crippen LogP contribution >= 0.6 is 11.3 Å². The molecule has 7 heteroatoms. The summed E-state index contributed by atoms with van der Waals surface area (Å²) in [5.41, 5.74) is 9.23. The first kappa shape index (κ1) is 18.6. The number of ether oxygens (including phenoxy) is 2. The first-order chi connectivity index (χ1) is 13.6. The second-order valence-electron chi connectivity index (χ2n) is 6.63. The molecule has 1 fully saturated rings. The van der Waals surface area contributed by atoms with Gasteiger partial charge >= 0.3 is 0 Å². The van der Waals surface area contributed by atoms with Crippen molar-refractivity contribution in [3.8, 4) is 16.3 Å². The van der Waals surface area contributed by atoms with Crippen LogP contribution < -0.4 is 10.5 Å². The molecule has 1 saturated heterocycles. The predicted molar refractivity (Wildman–Crippen MR) is 111 cm³/mol. The van der Waals surface area contributed by atoms with Gasteiger partial charge in [-0.25, -0.2) is 4.98 Å². The summed E-state index contributed by atoms with van der Waals surface area (Å²) in [6.45, 7) is 5.35. The number of nitrogens with two attached hydrogens (primary N) is 1. The highest BCUT2D eigenvalue weighted by Crippen LogP contribution is 2.42. The number of benzene rings is 1. The molecule has 0 atom stereocenters. The predicted octanol–water partition coefficient (Wildman–Crippen LogP) is 4.00. The third-order valence-electron chi connectivity index (χ3n) is 5.07. The summed E-state index contributed by atoms with van der Waals surface area (Å²) in [4.78, 5) is 21.2. The van der Waals surface area contributed by atoms with Crippen molar-refractivity contribution >= 4 is 33.5 Å². The van der Waals surface area contributed by atoms with E-state index in [2.05, 4.69) is 17.6 Å². The number of carbonyl (C=O) groups excluding carboxylic acids is 1. The highest BCUT2D eigenvalue weighted by molar-refractivity contribution is 7.22. The van der Waals surface area contributed by atoms with Crippen LogP contribution in [0.3, 0.4) is 0 Å². The highest BCUT2D eigenvalue weighted by atomic mass is 32.1. The van der Waals surface area contributed by atoms with E-state index in [4.69, 9.17) is 20.2 Å². The van der Waals surface area contributed by atoms with Gasteiger partial charge in [0, 0.05) is 25.0 Å². The Kier molecular flexibility index (Phi) is 5.11. The third-order valence-corrected chi connectivity index (χ3v) is 6.19. The second kappa shape index (κ2) is 7.69. The Balaban J connectivity index is 1.95. The van der Waals surface area contributed by atoms with Gasteiger partial charge in [0.2, 0.25) is 5.91 Å². The van der Waals surface area contributed by atoms with Crippen molar-refractivity contribution in [3.63, 3.8) is 0 Å². The number of rotatable bonds is 5. The van der Waals surface area contributed by atoms with Gasteiger partial charge in [-0.1, -0.05) is 12.6 Å². The maximum atomic E-state index is 12.0. The number of hydrogen-bond donors (Lipinski definition) is 1. The fourth-order valence-corrected chi connectivity index (χ4v) is 4.91. The molecule has 0 saturated carbocycles. The largest absolute Gasteiger partial charge is 0.494 e. The van der Waals surface area contributed by atoms with Crippen LogP contribution in [-0.4, -0.2) is 36.2 Å². The number of methoxy groups -OCH3 is 1. The van der Waals surface area contributed by atoms with E-state index in [-0.39, 0.29) is 0 Å². The normalized spacial score (nSPS) is 14.9. The van der Waals surface area contributed by atoms with E-state index in [0.29, 0.717) is 33.5 Å². The number of fused-ring (bicyclic) bond motifs is 1. The Hall–Kier alpha value is -2.77. The molecule has 0 aliphatic carbocycles. The molecule has 4 rings (SSSR count). The van der Waals surface area contributed by atoms with Gasteiger partial charge in [-0.05, 0) is 42.5 Å². The molecule has 2 N–H and O–H groups in total. The van der Waals surface area contributed by atoms with Gasteiger partial charge in [-0.3, -0.25) is 9.78 Å². The van der Waals surface area contributed by atoms with Crippen molar-refractivity contribution in [2.24, 2.45) is 5.73 Å². The topological polar surface area (TPSA) is 87.3 Å². The number of primary amides is 1. The minimum Gasteiger partial charge on any atom is -0.494 e.